The third kappa shape index (κ3) is 2.58. The van der Waals surface area contributed by atoms with Crippen LogP contribution in [0.5, 0.6) is 0 Å². The Bertz CT molecular complexity index is 283. The molecule has 0 saturated carbocycles. The standard InChI is InChI=1S/C10H18N2O2S/c1-15(14)5-4-11-10(13)8-6-7-2-3-9(8)12-7/h7-9,12H,2-6H2,1H3,(H,11,13). The van der Waals surface area contributed by atoms with E-state index in [0.29, 0.717) is 24.4 Å². The van der Waals surface area contributed by atoms with Crippen molar-refractivity contribution < 1.29 is 9.00 Å². The topological polar surface area (TPSA) is 58.2 Å². The fourth-order valence-corrected chi connectivity index (χ4v) is 2.95. The molecule has 2 saturated heterocycles. The van der Waals surface area contributed by atoms with Gasteiger partial charge in [-0.3, -0.25) is 9.00 Å². The molecule has 0 aliphatic carbocycles. The van der Waals surface area contributed by atoms with Crippen LogP contribution in [0, 0.1) is 5.92 Å². The van der Waals surface area contributed by atoms with Crippen LogP contribution in [0.2, 0.25) is 0 Å². The molecule has 4 atom stereocenters. The minimum Gasteiger partial charge on any atom is -0.355 e. The first kappa shape index (κ1) is 11.1. The monoisotopic (exact) mass is 230 g/mol. The molecule has 0 aromatic heterocycles. The van der Waals surface area contributed by atoms with Crippen molar-refractivity contribution in [3.63, 3.8) is 0 Å². The maximum absolute atomic E-state index is 11.8. The van der Waals surface area contributed by atoms with Crippen molar-refractivity contribution >= 4 is 16.7 Å². The van der Waals surface area contributed by atoms with Crippen molar-refractivity contribution in [2.24, 2.45) is 5.92 Å². The Kier molecular flexibility index (Phi) is 3.41. The fourth-order valence-electron chi connectivity index (χ4n) is 2.56. The van der Waals surface area contributed by atoms with E-state index >= 15 is 0 Å². The van der Waals surface area contributed by atoms with Crippen molar-refractivity contribution in [3.8, 4) is 0 Å². The van der Waals surface area contributed by atoms with Gasteiger partial charge in [0.25, 0.3) is 0 Å². The van der Waals surface area contributed by atoms with Crippen LogP contribution in [0.25, 0.3) is 0 Å². The summed E-state index contributed by atoms with van der Waals surface area (Å²) in [4.78, 5) is 11.8. The molecule has 5 heteroatoms. The van der Waals surface area contributed by atoms with Gasteiger partial charge in [0.2, 0.25) is 5.91 Å². The number of carbonyl (C=O) groups excluding carboxylic acids is 1. The maximum atomic E-state index is 11.8. The van der Waals surface area contributed by atoms with Gasteiger partial charge in [-0.15, -0.1) is 0 Å². The lowest BCUT2D eigenvalue weighted by Crippen LogP contribution is -2.38. The number of nitrogens with one attached hydrogen (secondary N) is 2. The Labute approximate surface area is 92.6 Å². The van der Waals surface area contributed by atoms with Crippen LogP contribution in [0.3, 0.4) is 0 Å². The molecule has 0 aromatic carbocycles. The zero-order valence-electron chi connectivity index (χ0n) is 8.99. The molecule has 2 bridgehead atoms. The van der Waals surface area contributed by atoms with Gasteiger partial charge in [0, 0.05) is 41.4 Å². The number of hydrogen-bond donors (Lipinski definition) is 2. The van der Waals surface area contributed by atoms with Crippen LogP contribution in [0.1, 0.15) is 19.3 Å². The van der Waals surface area contributed by atoms with E-state index in [9.17, 15) is 9.00 Å². The van der Waals surface area contributed by atoms with E-state index < -0.39 is 10.8 Å². The predicted molar refractivity (Wildman–Crippen MR) is 60.0 cm³/mol. The third-order valence-corrected chi connectivity index (χ3v) is 4.10. The summed E-state index contributed by atoms with van der Waals surface area (Å²) >= 11 is 0. The Balaban J connectivity index is 1.74. The highest BCUT2D eigenvalue weighted by Crippen LogP contribution is 2.33. The quantitative estimate of drug-likeness (QED) is 0.692. The SMILES string of the molecule is CS(=O)CCNC(=O)C1CC2CCC1N2. The van der Waals surface area contributed by atoms with Gasteiger partial charge in [-0.1, -0.05) is 0 Å². The summed E-state index contributed by atoms with van der Waals surface area (Å²) in [6.07, 6.45) is 4.98. The van der Waals surface area contributed by atoms with E-state index in [1.54, 1.807) is 6.26 Å². The highest BCUT2D eigenvalue weighted by atomic mass is 32.2. The zero-order valence-corrected chi connectivity index (χ0v) is 9.81. The van der Waals surface area contributed by atoms with E-state index in [2.05, 4.69) is 10.6 Å². The summed E-state index contributed by atoms with van der Waals surface area (Å²) in [5, 5.41) is 6.31. The second kappa shape index (κ2) is 4.61. The van der Waals surface area contributed by atoms with E-state index in [1.807, 2.05) is 0 Å². The van der Waals surface area contributed by atoms with Gasteiger partial charge in [0.15, 0.2) is 0 Å². The smallest absolute Gasteiger partial charge is 0.224 e. The molecular formula is C10H18N2O2S. The molecule has 1 amide bonds. The number of rotatable bonds is 4. The second-order valence-electron chi connectivity index (χ2n) is 4.46. The molecule has 4 unspecified atom stereocenters. The summed E-state index contributed by atoms with van der Waals surface area (Å²) in [7, 11) is -0.816. The van der Waals surface area contributed by atoms with Gasteiger partial charge in [0.05, 0.1) is 5.92 Å². The van der Waals surface area contributed by atoms with Gasteiger partial charge in [0.1, 0.15) is 0 Å². The lowest BCUT2D eigenvalue weighted by atomic mass is 9.88. The first-order valence-electron chi connectivity index (χ1n) is 5.50. The van der Waals surface area contributed by atoms with Crippen LogP contribution in [0.4, 0.5) is 0 Å². The average Bonchev–Trinajstić information content (AvgIpc) is 2.77. The maximum Gasteiger partial charge on any atom is 0.224 e. The van der Waals surface area contributed by atoms with Crippen LogP contribution in [0.15, 0.2) is 0 Å². The highest BCUT2D eigenvalue weighted by Gasteiger charge is 2.42. The largest absolute Gasteiger partial charge is 0.355 e. The minimum atomic E-state index is -0.816. The van der Waals surface area contributed by atoms with E-state index in [-0.39, 0.29) is 11.8 Å². The molecule has 86 valence electrons. The van der Waals surface area contributed by atoms with Crippen LogP contribution in [-0.2, 0) is 15.6 Å². The third-order valence-electron chi connectivity index (χ3n) is 3.33. The molecule has 0 aromatic rings. The molecule has 2 aliphatic heterocycles. The predicted octanol–water partition coefficient (Wildman–Crippen LogP) is -0.378. The normalized spacial score (nSPS) is 35.4. The molecule has 2 N–H and O–H groups in total. The molecule has 2 aliphatic rings. The minimum absolute atomic E-state index is 0.139. The van der Waals surface area contributed by atoms with Crippen molar-refractivity contribution in [2.45, 2.75) is 31.3 Å². The summed E-state index contributed by atoms with van der Waals surface area (Å²) < 4.78 is 10.8. The Morgan fingerprint density at radius 3 is 2.87 bits per heavy atom. The fraction of sp³-hybridized carbons (Fsp3) is 0.900. The van der Waals surface area contributed by atoms with Crippen LogP contribution in [-0.4, -0.2) is 40.8 Å². The first-order chi connectivity index (χ1) is 7.16. The van der Waals surface area contributed by atoms with Gasteiger partial charge in [-0.2, -0.15) is 0 Å². The van der Waals surface area contributed by atoms with Crippen molar-refractivity contribution in [3.05, 3.63) is 0 Å². The zero-order chi connectivity index (χ0) is 10.8. The molecule has 2 rings (SSSR count). The lowest BCUT2D eigenvalue weighted by molar-refractivity contribution is -0.125. The lowest BCUT2D eigenvalue weighted by Gasteiger charge is -2.19. The first-order valence-corrected chi connectivity index (χ1v) is 7.23. The Hall–Kier alpha value is -0.420. The molecule has 2 fully saturated rings. The van der Waals surface area contributed by atoms with Gasteiger partial charge < -0.3 is 10.6 Å². The van der Waals surface area contributed by atoms with Crippen LogP contribution < -0.4 is 10.6 Å². The summed E-state index contributed by atoms with van der Waals surface area (Å²) in [5.74, 6) is 0.842. The average molecular weight is 230 g/mol. The van der Waals surface area contributed by atoms with Crippen molar-refractivity contribution in [1.29, 1.82) is 0 Å². The van der Waals surface area contributed by atoms with E-state index in [1.165, 1.54) is 6.42 Å². The summed E-state index contributed by atoms with van der Waals surface area (Å²) in [6, 6.07) is 0.952. The van der Waals surface area contributed by atoms with Gasteiger partial charge in [-0.05, 0) is 19.3 Å². The highest BCUT2D eigenvalue weighted by molar-refractivity contribution is 7.84. The molecule has 0 spiro atoms. The molecule has 4 nitrogen and oxygen atoms in total. The van der Waals surface area contributed by atoms with Crippen LogP contribution >= 0.6 is 0 Å². The molecule has 2 heterocycles. The number of hydrogen-bond acceptors (Lipinski definition) is 3. The van der Waals surface area contributed by atoms with E-state index in [0.717, 1.165) is 12.8 Å². The van der Waals surface area contributed by atoms with E-state index in [4.69, 9.17) is 0 Å². The summed E-state index contributed by atoms with van der Waals surface area (Å²) in [6.45, 7) is 0.538. The summed E-state index contributed by atoms with van der Waals surface area (Å²) in [5.41, 5.74) is 0. The number of carbonyl (C=O) groups is 1. The van der Waals surface area contributed by atoms with Crippen molar-refractivity contribution in [1.82, 2.24) is 10.6 Å². The second-order valence-corrected chi connectivity index (χ2v) is 6.01. The number of amides is 1. The van der Waals surface area contributed by atoms with Crippen molar-refractivity contribution in [2.75, 3.05) is 18.6 Å². The Morgan fingerprint density at radius 2 is 2.33 bits per heavy atom. The van der Waals surface area contributed by atoms with Gasteiger partial charge >= 0.3 is 0 Å². The molecule has 15 heavy (non-hydrogen) atoms. The Morgan fingerprint density at radius 1 is 1.53 bits per heavy atom. The number of fused-ring (bicyclic) bond motifs is 2. The van der Waals surface area contributed by atoms with Gasteiger partial charge in [-0.25, -0.2) is 0 Å². The molecule has 0 radical (unpaired) electrons. The molecular weight excluding hydrogens is 212 g/mol.